The molecule has 0 aliphatic rings. The zero-order valence-corrected chi connectivity index (χ0v) is 15.8. The first-order chi connectivity index (χ1) is 13.1. The van der Waals surface area contributed by atoms with Crippen molar-refractivity contribution >= 4 is 16.5 Å². The first kappa shape index (κ1) is 17.2. The van der Waals surface area contributed by atoms with Crippen LogP contribution >= 0.6 is 0 Å². The van der Waals surface area contributed by atoms with E-state index >= 15 is 0 Å². The molecule has 0 fully saturated rings. The van der Waals surface area contributed by atoms with Gasteiger partial charge in [-0.25, -0.2) is 0 Å². The van der Waals surface area contributed by atoms with Crippen LogP contribution in [0, 0.1) is 19.3 Å². The van der Waals surface area contributed by atoms with Crippen LogP contribution in [0.1, 0.15) is 33.4 Å². The van der Waals surface area contributed by atoms with E-state index in [4.69, 9.17) is 5.41 Å². The number of hydrogen-bond acceptors (Lipinski definition) is 1. The Morgan fingerprint density at radius 3 is 2.15 bits per heavy atom. The van der Waals surface area contributed by atoms with E-state index in [-0.39, 0.29) is 0 Å². The minimum atomic E-state index is 0.613. The van der Waals surface area contributed by atoms with Crippen molar-refractivity contribution in [1.29, 1.82) is 5.41 Å². The topological polar surface area (TPSA) is 23.9 Å². The molecule has 0 aromatic heterocycles. The van der Waals surface area contributed by atoms with Crippen molar-refractivity contribution in [3.8, 4) is 0 Å². The Labute approximate surface area is 160 Å². The van der Waals surface area contributed by atoms with Crippen LogP contribution in [0.2, 0.25) is 0 Å². The summed E-state index contributed by atoms with van der Waals surface area (Å²) < 4.78 is 0. The lowest BCUT2D eigenvalue weighted by Gasteiger charge is -2.15. The molecule has 0 spiro atoms. The fourth-order valence-corrected chi connectivity index (χ4v) is 3.83. The second-order valence-corrected chi connectivity index (χ2v) is 7.16. The van der Waals surface area contributed by atoms with Crippen LogP contribution in [0.3, 0.4) is 0 Å². The van der Waals surface area contributed by atoms with Gasteiger partial charge in [0.15, 0.2) is 0 Å². The molecule has 0 heterocycles. The summed E-state index contributed by atoms with van der Waals surface area (Å²) in [7, 11) is 0. The second kappa shape index (κ2) is 7.20. The Morgan fingerprint density at radius 2 is 1.37 bits per heavy atom. The molecule has 4 rings (SSSR count). The van der Waals surface area contributed by atoms with Gasteiger partial charge in [-0.1, -0.05) is 84.9 Å². The smallest absolute Gasteiger partial charge is 0.0692 e. The number of aryl methyl sites for hydroxylation is 2. The van der Waals surface area contributed by atoms with E-state index < -0.39 is 0 Å². The second-order valence-electron chi connectivity index (χ2n) is 7.16. The summed E-state index contributed by atoms with van der Waals surface area (Å²) in [6.07, 6.45) is 0.828. The first-order valence-electron chi connectivity index (χ1n) is 9.34. The predicted molar refractivity (Wildman–Crippen MR) is 115 cm³/mol. The highest BCUT2D eigenvalue weighted by atomic mass is 14.4. The molecule has 0 saturated carbocycles. The van der Waals surface area contributed by atoms with Gasteiger partial charge in [0.05, 0.1) is 5.71 Å². The summed E-state index contributed by atoms with van der Waals surface area (Å²) in [6.45, 7) is 4.17. The van der Waals surface area contributed by atoms with E-state index in [0.717, 1.165) is 28.7 Å². The van der Waals surface area contributed by atoms with Gasteiger partial charge in [0.1, 0.15) is 0 Å². The number of hydrogen-bond donors (Lipinski definition) is 1. The molecular formula is C26H23N. The van der Waals surface area contributed by atoms with E-state index in [0.29, 0.717) is 5.71 Å². The van der Waals surface area contributed by atoms with Crippen LogP contribution in [-0.4, -0.2) is 5.71 Å². The Bertz CT molecular complexity index is 1120. The molecular weight excluding hydrogens is 326 g/mol. The Hall–Kier alpha value is -3.19. The van der Waals surface area contributed by atoms with Crippen molar-refractivity contribution in [2.45, 2.75) is 20.3 Å². The lowest BCUT2D eigenvalue weighted by molar-refractivity contribution is 1.18. The van der Waals surface area contributed by atoms with Crippen molar-refractivity contribution in [2.75, 3.05) is 0 Å². The Morgan fingerprint density at radius 1 is 0.704 bits per heavy atom. The zero-order chi connectivity index (χ0) is 18.8. The van der Waals surface area contributed by atoms with Gasteiger partial charge in [0.2, 0.25) is 0 Å². The highest BCUT2D eigenvalue weighted by Gasteiger charge is 2.14. The van der Waals surface area contributed by atoms with Gasteiger partial charge < -0.3 is 0 Å². The SMILES string of the molecule is Cc1cccc(C)c1C(=N)c1ccccc1Cc1ccc2ccccc2c1. The van der Waals surface area contributed by atoms with Gasteiger partial charge >= 0.3 is 0 Å². The van der Waals surface area contributed by atoms with Crippen LogP contribution in [0.15, 0.2) is 84.9 Å². The third-order valence-corrected chi connectivity index (χ3v) is 5.23. The third-order valence-electron chi connectivity index (χ3n) is 5.23. The maximum Gasteiger partial charge on any atom is 0.0692 e. The summed E-state index contributed by atoms with van der Waals surface area (Å²) in [6, 6.07) is 29.6. The zero-order valence-electron chi connectivity index (χ0n) is 15.8. The quantitative estimate of drug-likeness (QED) is 0.409. The van der Waals surface area contributed by atoms with E-state index in [1.165, 1.54) is 21.9 Å². The lowest BCUT2D eigenvalue weighted by Crippen LogP contribution is -2.09. The summed E-state index contributed by atoms with van der Waals surface area (Å²) in [5, 5.41) is 11.4. The number of nitrogens with one attached hydrogen (secondary N) is 1. The molecule has 4 aromatic carbocycles. The molecule has 1 N–H and O–H groups in total. The number of benzene rings is 4. The highest BCUT2D eigenvalue weighted by molar-refractivity contribution is 6.13. The third kappa shape index (κ3) is 3.41. The van der Waals surface area contributed by atoms with Crippen molar-refractivity contribution in [2.24, 2.45) is 0 Å². The van der Waals surface area contributed by atoms with E-state index in [9.17, 15) is 0 Å². The largest absolute Gasteiger partial charge is 0.300 e. The molecule has 0 bridgehead atoms. The molecule has 0 atom stereocenters. The first-order valence-corrected chi connectivity index (χ1v) is 9.34. The summed E-state index contributed by atoms with van der Waals surface area (Å²) in [5.41, 5.74) is 7.45. The Kier molecular flexibility index (Phi) is 4.60. The van der Waals surface area contributed by atoms with Gasteiger partial charge in [0, 0.05) is 11.1 Å². The fourth-order valence-electron chi connectivity index (χ4n) is 3.83. The molecule has 0 radical (unpaired) electrons. The van der Waals surface area contributed by atoms with Gasteiger partial charge in [-0.2, -0.15) is 0 Å². The molecule has 0 amide bonds. The molecule has 132 valence electrons. The monoisotopic (exact) mass is 349 g/mol. The predicted octanol–water partition coefficient (Wildman–Crippen LogP) is 6.46. The number of fused-ring (bicyclic) bond motifs is 1. The molecule has 0 aliphatic heterocycles. The van der Waals surface area contributed by atoms with Gasteiger partial charge in [0.25, 0.3) is 0 Å². The van der Waals surface area contributed by atoms with Crippen LogP contribution < -0.4 is 0 Å². The molecule has 27 heavy (non-hydrogen) atoms. The molecule has 0 saturated heterocycles. The van der Waals surface area contributed by atoms with Gasteiger partial charge in [-0.05, 0) is 53.3 Å². The summed E-state index contributed by atoms with van der Waals surface area (Å²) in [5.74, 6) is 0. The van der Waals surface area contributed by atoms with Crippen molar-refractivity contribution in [3.05, 3.63) is 118 Å². The van der Waals surface area contributed by atoms with Crippen molar-refractivity contribution in [1.82, 2.24) is 0 Å². The van der Waals surface area contributed by atoms with Crippen LogP contribution in [0.25, 0.3) is 10.8 Å². The highest BCUT2D eigenvalue weighted by Crippen LogP contribution is 2.24. The lowest BCUT2D eigenvalue weighted by atomic mass is 9.89. The van der Waals surface area contributed by atoms with Crippen LogP contribution in [0.4, 0.5) is 0 Å². The summed E-state index contributed by atoms with van der Waals surface area (Å²) in [4.78, 5) is 0. The minimum absolute atomic E-state index is 0.613. The molecule has 4 aromatic rings. The van der Waals surface area contributed by atoms with Crippen molar-refractivity contribution < 1.29 is 0 Å². The maximum absolute atomic E-state index is 8.89. The van der Waals surface area contributed by atoms with Crippen molar-refractivity contribution in [3.63, 3.8) is 0 Å². The average molecular weight is 349 g/mol. The molecule has 0 unspecified atom stereocenters. The normalized spacial score (nSPS) is 10.9. The number of rotatable bonds is 4. The maximum atomic E-state index is 8.89. The summed E-state index contributed by atoms with van der Waals surface area (Å²) >= 11 is 0. The van der Waals surface area contributed by atoms with Gasteiger partial charge in [-0.3, -0.25) is 5.41 Å². The van der Waals surface area contributed by atoms with E-state index in [2.05, 4.69) is 92.7 Å². The fraction of sp³-hybridized carbons (Fsp3) is 0.115. The molecule has 1 heteroatoms. The van der Waals surface area contributed by atoms with E-state index in [1.807, 2.05) is 6.07 Å². The molecule has 0 aliphatic carbocycles. The van der Waals surface area contributed by atoms with E-state index in [1.54, 1.807) is 0 Å². The van der Waals surface area contributed by atoms with Crippen LogP contribution in [-0.2, 0) is 6.42 Å². The average Bonchev–Trinajstić information content (AvgIpc) is 2.68. The van der Waals surface area contributed by atoms with Crippen LogP contribution in [0.5, 0.6) is 0 Å². The van der Waals surface area contributed by atoms with Gasteiger partial charge in [-0.15, -0.1) is 0 Å². The Balaban J connectivity index is 1.73. The standard InChI is InChI=1S/C26H23N/c1-18-8-7-9-19(2)25(18)26(27)24-13-6-5-12-23(24)17-20-14-15-21-10-3-4-11-22(21)16-20/h3-16,27H,17H2,1-2H3. The molecule has 1 nitrogen and oxygen atoms in total. The minimum Gasteiger partial charge on any atom is -0.300 e.